The lowest BCUT2D eigenvalue weighted by Gasteiger charge is -2.63. The third kappa shape index (κ3) is 3.90. The van der Waals surface area contributed by atoms with Crippen molar-refractivity contribution < 1.29 is 29.3 Å². The summed E-state index contributed by atoms with van der Waals surface area (Å²) >= 11 is 3.69. The van der Waals surface area contributed by atoms with Crippen LogP contribution in [0.15, 0.2) is 59.2 Å². The number of aliphatic hydroxyl groups excluding tert-OH is 1. The summed E-state index contributed by atoms with van der Waals surface area (Å²) < 4.78 is 11.6. The number of likely N-dealkylation sites (N-methyl/N-ethyl adjacent to an activating group) is 1. The molecule has 4 aliphatic rings. The number of benzene rings is 2. The first-order valence-electron chi connectivity index (χ1n) is 15.4. The van der Waals surface area contributed by atoms with E-state index in [1.54, 1.807) is 7.11 Å². The Morgan fingerprint density at radius 1 is 1.22 bits per heavy atom. The third-order valence-electron chi connectivity index (χ3n) is 11.2. The molecule has 3 aromatic rings. The van der Waals surface area contributed by atoms with Crippen LogP contribution < -0.4 is 15.0 Å². The Balaban J connectivity index is 1.36. The topological polar surface area (TPSA) is 127 Å². The van der Waals surface area contributed by atoms with Gasteiger partial charge in [-0.3, -0.25) is 9.69 Å². The molecule has 3 aliphatic heterocycles. The van der Waals surface area contributed by atoms with Crippen LogP contribution in [0, 0.1) is 5.41 Å². The van der Waals surface area contributed by atoms with E-state index in [9.17, 15) is 19.8 Å². The van der Waals surface area contributed by atoms with Crippen LogP contribution in [-0.2, 0) is 26.2 Å². The Morgan fingerprint density at radius 2 is 2.00 bits per heavy atom. The maximum Gasteiger partial charge on any atom is 0.328 e. The van der Waals surface area contributed by atoms with Gasteiger partial charge < -0.3 is 34.9 Å². The van der Waals surface area contributed by atoms with Gasteiger partial charge in [0.15, 0.2) is 5.60 Å². The first kappa shape index (κ1) is 30.3. The van der Waals surface area contributed by atoms with Crippen LogP contribution >= 0.6 is 15.9 Å². The molecule has 238 valence electrons. The standard InChI is InChI=1S/C34H39BrN4O6/c1-5-32-11-8-13-39-14-12-33(28(32)39)21-16-22(35)26(44-3)17-25(21)38(2)29(33)34(43,30(32)41)31(42)37-24(27(40)45-4)15-19-18-36-23-10-7-6-9-20(19)23/h6-11,16-18,24,28-30,36,41,43H,5,12-15H2,1-4H3,(H,37,42)/t24-,28-,29+,30+,32+,33+,34-/m0/s1. The predicted molar refractivity (Wildman–Crippen MR) is 173 cm³/mol. The molecule has 2 fully saturated rings. The summed E-state index contributed by atoms with van der Waals surface area (Å²) in [5, 5.41) is 29.2. The number of anilines is 1. The number of halogens is 1. The highest BCUT2D eigenvalue weighted by Crippen LogP contribution is 2.67. The molecule has 1 spiro atoms. The van der Waals surface area contributed by atoms with Crippen molar-refractivity contribution in [1.82, 2.24) is 15.2 Å². The number of fused-ring (bicyclic) bond motifs is 2. The van der Waals surface area contributed by atoms with Crippen molar-refractivity contribution in [1.29, 1.82) is 0 Å². The third-order valence-corrected chi connectivity index (χ3v) is 11.8. The summed E-state index contributed by atoms with van der Waals surface area (Å²) in [4.78, 5) is 35.5. The number of hydrogen-bond acceptors (Lipinski definition) is 8. The summed E-state index contributed by atoms with van der Waals surface area (Å²) in [6, 6.07) is 9.60. The minimum absolute atomic E-state index is 0.139. The Hall–Kier alpha value is -3.38. The van der Waals surface area contributed by atoms with Gasteiger partial charge in [0, 0.05) is 65.7 Å². The number of carbonyl (C=O) groups is 2. The van der Waals surface area contributed by atoms with Gasteiger partial charge in [-0.05, 0) is 58.6 Å². The fourth-order valence-corrected chi connectivity index (χ4v) is 9.87. The molecule has 1 amide bonds. The van der Waals surface area contributed by atoms with Gasteiger partial charge in [-0.2, -0.15) is 0 Å². The molecule has 0 unspecified atom stereocenters. The van der Waals surface area contributed by atoms with Crippen molar-refractivity contribution in [3.8, 4) is 5.75 Å². The summed E-state index contributed by atoms with van der Waals surface area (Å²) in [6.07, 6.45) is 5.72. The molecule has 45 heavy (non-hydrogen) atoms. The smallest absolute Gasteiger partial charge is 0.328 e. The first-order valence-corrected chi connectivity index (χ1v) is 16.2. The van der Waals surface area contributed by atoms with Crippen LogP contribution in [-0.4, -0.2) is 96.2 Å². The zero-order valence-corrected chi connectivity index (χ0v) is 27.4. The van der Waals surface area contributed by atoms with Crippen LogP contribution in [0.3, 0.4) is 0 Å². The van der Waals surface area contributed by atoms with Gasteiger partial charge in [0.1, 0.15) is 17.9 Å². The molecule has 1 aromatic heterocycles. The molecule has 0 bridgehead atoms. The number of carbonyl (C=O) groups excluding carboxylic acids is 2. The fourth-order valence-electron chi connectivity index (χ4n) is 9.37. The van der Waals surface area contributed by atoms with Crippen molar-refractivity contribution in [2.45, 2.75) is 61.4 Å². The van der Waals surface area contributed by atoms with Crippen LogP contribution in [0.2, 0.25) is 0 Å². The number of hydrogen-bond donors (Lipinski definition) is 4. The zero-order chi connectivity index (χ0) is 31.9. The number of H-pyrrole nitrogens is 1. The van der Waals surface area contributed by atoms with E-state index in [2.05, 4.69) is 37.2 Å². The molecule has 1 aliphatic carbocycles. The van der Waals surface area contributed by atoms with Gasteiger partial charge in [0.25, 0.3) is 5.91 Å². The number of aliphatic hydroxyl groups is 2. The van der Waals surface area contributed by atoms with E-state index in [0.29, 0.717) is 18.6 Å². The maximum atomic E-state index is 14.8. The average Bonchev–Trinajstić information content (AvgIpc) is 3.72. The highest BCUT2D eigenvalue weighted by atomic mass is 79.9. The number of ether oxygens (including phenoxy) is 2. The largest absolute Gasteiger partial charge is 0.495 e. The number of aromatic nitrogens is 1. The molecular formula is C34H39BrN4O6. The van der Waals surface area contributed by atoms with E-state index in [-0.39, 0.29) is 12.5 Å². The Bertz CT molecular complexity index is 1730. The second-order valence-corrected chi connectivity index (χ2v) is 13.8. The molecule has 2 aromatic carbocycles. The Labute approximate surface area is 270 Å². The summed E-state index contributed by atoms with van der Waals surface area (Å²) in [5.74, 6) is -0.806. The molecule has 4 heterocycles. The molecule has 4 N–H and O–H groups in total. The molecule has 1 saturated heterocycles. The second kappa shape index (κ2) is 10.6. The predicted octanol–water partition coefficient (Wildman–Crippen LogP) is 3.04. The lowest BCUT2D eigenvalue weighted by atomic mass is 9.47. The minimum atomic E-state index is -2.30. The van der Waals surface area contributed by atoms with Gasteiger partial charge in [-0.1, -0.05) is 37.3 Å². The average molecular weight is 680 g/mol. The van der Waals surface area contributed by atoms with Crippen LogP contribution in [0.25, 0.3) is 10.9 Å². The first-order chi connectivity index (χ1) is 21.6. The van der Waals surface area contributed by atoms with E-state index in [0.717, 1.165) is 45.3 Å². The van der Waals surface area contributed by atoms with Gasteiger partial charge in [-0.15, -0.1) is 0 Å². The summed E-state index contributed by atoms with van der Waals surface area (Å²) in [6.45, 7) is 3.48. The van der Waals surface area contributed by atoms with Gasteiger partial charge >= 0.3 is 5.97 Å². The number of nitrogens with one attached hydrogen (secondary N) is 2. The molecule has 0 radical (unpaired) electrons. The van der Waals surface area contributed by atoms with Crippen molar-refractivity contribution in [3.63, 3.8) is 0 Å². The molecule has 1 saturated carbocycles. The minimum Gasteiger partial charge on any atom is -0.495 e. The number of amides is 1. The lowest BCUT2D eigenvalue weighted by Crippen LogP contribution is -2.82. The zero-order valence-electron chi connectivity index (χ0n) is 25.8. The van der Waals surface area contributed by atoms with Gasteiger partial charge in [0.2, 0.25) is 0 Å². The van der Waals surface area contributed by atoms with Crippen LogP contribution in [0.4, 0.5) is 5.69 Å². The number of esters is 1. The van der Waals surface area contributed by atoms with Crippen LogP contribution in [0.1, 0.15) is 30.9 Å². The summed E-state index contributed by atoms with van der Waals surface area (Å²) in [5.41, 5.74) is -0.363. The molecule has 10 nitrogen and oxygen atoms in total. The number of methoxy groups -OCH3 is 2. The highest BCUT2D eigenvalue weighted by Gasteiger charge is 2.78. The number of rotatable bonds is 7. The molecule has 11 heteroatoms. The fraction of sp³-hybridized carbons (Fsp3) is 0.471. The highest BCUT2D eigenvalue weighted by molar-refractivity contribution is 9.10. The van der Waals surface area contributed by atoms with E-state index in [1.165, 1.54) is 7.11 Å². The van der Waals surface area contributed by atoms with E-state index >= 15 is 0 Å². The van der Waals surface area contributed by atoms with E-state index < -0.39 is 46.5 Å². The van der Waals surface area contributed by atoms with E-state index in [1.807, 2.05) is 67.6 Å². The van der Waals surface area contributed by atoms with Crippen molar-refractivity contribution >= 4 is 44.4 Å². The SMILES string of the molecule is CC[C@]12C=CCN3CC[C@@]4(c5cc(Br)c(OC)cc5N(C)[C@H]4[C@@](O)(C(=O)N[C@@H](Cc4c[nH]c5ccccc45)C(=O)OC)[C@@H]1O)[C@@H]32. The Kier molecular flexibility index (Phi) is 7.12. The van der Waals surface area contributed by atoms with Gasteiger partial charge in [-0.25, -0.2) is 4.79 Å². The normalized spacial score (nSPS) is 32.2. The number of nitrogens with zero attached hydrogens (tertiary/aromatic N) is 2. The second-order valence-electron chi connectivity index (χ2n) is 12.9. The monoisotopic (exact) mass is 678 g/mol. The van der Waals surface area contributed by atoms with Gasteiger partial charge in [0.05, 0.1) is 24.7 Å². The van der Waals surface area contributed by atoms with E-state index in [4.69, 9.17) is 9.47 Å². The van der Waals surface area contributed by atoms with Crippen molar-refractivity contribution in [3.05, 3.63) is 70.3 Å². The molecule has 7 atom stereocenters. The maximum absolute atomic E-state index is 14.8. The number of aromatic amines is 1. The summed E-state index contributed by atoms with van der Waals surface area (Å²) in [7, 11) is 4.74. The molecular weight excluding hydrogens is 640 g/mol. The van der Waals surface area contributed by atoms with Crippen molar-refractivity contribution in [2.75, 3.05) is 39.3 Å². The quantitative estimate of drug-likeness (QED) is 0.222. The Morgan fingerprint density at radius 3 is 2.73 bits per heavy atom. The lowest BCUT2D eigenvalue weighted by molar-refractivity contribution is -0.204. The molecule has 7 rings (SSSR count). The number of para-hydroxylation sites is 1. The van der Waals surface area contributed by atoms with Crippen LogP contribution in [0.5, 0.6) is 5.75 Å². The van der Waals surface area contributed by atoms with Crippen molar-refractivity contribution in [2.24, 2.45) is 5.41 Å².